The quantitative estimate of drug-likeness (QED) is 0.614. The number of benzene rings is 1. The first-order chi connectivity index (χ1) is 9.58. The van der Waals surface area contributed by atoms with Gasteiger partial charge >= 0.3 is 0 Å². The first kappa shape index (κ1) is 16.1. The summed E-state index contributed by atoms with van der Waals surface area (Å²) in [6, 6.07) is 6.35. The molecule has 0 bridgehead atoms. The summed E-state index contributed by atoms with van der Waals surface area (Å²) < 4.78 is 4.83. The summed E-state index contributed by atoms with van der Waals surface area (Å²) >= 11 is 0. The van der Waals surface area contributed by atoms with Crippen molar-refractivity contribution < 1.29 is 14.3 Å². The smallest absolute Gasteiger partial charge is 0.251 e. The predicted octanol–water partition coefficient (Wildman–Crippen LogP) is 0.0262. The van der Waals surface area contributed by atoms with Gasteiger partial charge in [0.1, 0.15) is 6.04 Å². The maximum absolute atomic E-state index is 11.9. The van der Waals surface area contributed by atoms with Gasteiger partial charge in [-0.15, -0.1) is 0 Å². The number of carbonyl (C=O) groups excluding carboxylic acids is 2. The van der Waals surface area contributed by atoms with Gasteiger partial charge in [0.25, 0.3) is 5.91 Å². The Morgan fingerprint density at radius 2 is 1.95 bits per heavy atom. The molecule has 0 heterocycles. The Hall–Kier alpha value is -1.92. The molecule has 1 aromatic carbocycles. The van der Waals surface area contributed by atoms with Crippen molar-refractivity contribution in [1.29, 1.82) is 0 Å². The van der Waals surface area contributed by atoms with Gasteiger partial charge < -0.3 is 21.1 Å². The van der Waals surface area contributed by atoms with E-state index in [0.29, 0.717) is 25.3 Å². The molecule has 6 heteroatoms. The fourth-order valence-corrected chi connectivity index (χ4v) is 1.57. The van der Waals surface area contributed by atoms with Crippen LogP contribution >= 0.6 is 0 Å². The van der Waals surface area contributed by atoms with Crippen LogP contribution in [-0.4, -0.2) is 38.1 Å². The van der Waals surface area contributed by atoms with Crippen LogP contribution in [0.1, 0.15) is 22.8 Å². The number of carbonyl (C=O) groups is 2. The first-order valence-electron chi connectivity index (χ1n) is 6.45. The van der Waals surface area contributed by atoms with E-state index in [4.69, 9.17) is 10.5 Å². The van der Waals surface area contributed by atoms with Crippen molar-refractivity contribution in [2.24, 2.45) is 5.73 Å². The number of ether oxygens (including phenoxy) is 1. The molecule has 6 nitrogen and oxygen atoms in total. The van der Waals surface area contributed by atoms with E-state index in [0.717, 1.165) is 5.56 Å². The molecule has 1 atom stereocenters. The molecule has 0 aliphatic heterocycles. The highest BCUT2D eigenvalue weighted by atomic mass is 16.5. The minimum Gasteiger partial charge on any atom is -0.383 e. The average Bonchev–Trinajstić information content (AvgIpc) is 2.47. The van der Waals surface area contributed by atoms with Gasteiger partial charge in [-0.05, 0) is 24.6 Å². The molecular formula is C14H21N3O3. The molecule has 1 aromatic rings. The van der Waals surface area contributed by atoms with Crippen LogP contribution < -0.4 is 16.4 Å². The number of hydrogen-bond acceptors (Lipinski definition) is 4. The minimum atomic E-state index is -0.603. The second-order valence-electron chi connectivity index (χ2n) is 4.38. The van der Waals surface area contributed by atoms with E-state index in [1.807, 2.05) is 0 Å². The molecule has 2 amide bonds. The number of rotatable bonds is 7. The number of amides is 2. The molecule has 1 unspecified atom stereocenters. The molecule has 0 spiro atoms. The maximum Gasteiger partial charge on any atom is 0.251 e. The molecule has 0 saturated heterocycles. The fraction of sp³-hybridized carbons (Fsp3) is 0.429. The summed E-state index contributed by atoms with van der Waals surface area (Å²) in [5.74, 6) is -0.531. The molecule has 110 valence electrons. The monoisotopic (exact) mass is 279 g/mol. The lowest BCUT2D eigenvalue weighted by Gasteiger charge is -2.14. The summed E-state index contributed by atoms with van der Waals surface area (Å²) in [6.45, 7) is 2.92. The van der Waals surface area contributed by atoms with Gasteiger partial charge in [0.05, 0.1) is 6.61 Å². The lowest BCUT2D eigenvalue weighted by Crippen LogP contribution is -2.45. The number of methoxy groups -OCH3 is 1. The van der Waals surface area contributed by atoms with E-state index in [2.05, 4.69) is 10.6 Å². The highest BCUT2D eigenvalue weighted by Crippen LogP contribution is 2.04. The molecule has 0 aliphatic carbocycles. The Labute approximate surface area is 118 Å². The molecule has 4 N–H and O–H groups in total. The number of nitrogens with one attached hydrogen (secondary N) is 2. The predicted molar refractivity (Wildman–Crippen MR) is 76.1 cm³/mol. The second-order valence-corrected chi connectivity index (χ2v) is 4.38. The van der Waals surface area contributed by atoms with E-state index >= 15 is 0 Å². The molecular weight excluding hydrogens is 258 g/mol. The molecule has 0 fully saturated rings. The Kier molecular flexibility index (Phi) is 6.69. The first-order valence-corrected chi connectivity index (χ1v) is 6.45. The summed E-state index contributed by atoms with van der Waals surface area (Å²) in [4.78, 5) is 23.6. The fourth-order valence-electron chi connectivity index (χ4n) is 1.57. The standard InChI is InChI=1S/C14H21N3O3/c1-10(13(18)16-7-8-20-2)17-14(19)12-5-3-11(9-15)4-6-12/h3-6,10H,7-9,15H2,1-2H3,(H,16,18)(H,17,19). The van der Waals surface area contributed by atoms with E-state index < -0.39 is 6.04 Å². The van der Waals surface area contributed by atoms with Crippen molar-refractivity contribution in [3.8, 4) is 0 Å². The normalized spacial score (nSPS) is 11.8. The zero-order valence-corrected chi connectivity index (χ0v) is 11.8. The molecule has 1 rings (SSSR count). The van der Waals surface area contributed by atoms with Gasteiger partial charge in [-0.1, -0.05) is 12.1 Å². The van der Waals surface area contributed by atoms with E-state index in [-0.39, 0.29) is 11.8 Å². The minimum absolute atomic E-state index is 0.242. The Morgan fingerprint density at radius 3 is 2.50 bits per heavy atom. The molecule has 0 radical (unpaired) electrons. The molecule has 0 aromatic heterocycles. The lowest BCUT2D eigenvalue weighted by atomic mass is 10.1. The van der Waals surface area contributed by atoms with Gasteiger partial charge in [-0.2, -0.15) is 0 Å². The Bertz CT molecular complexity index is 445. The molecule has 0 aliphatic rings. The second kappa shape index (κ2) is 8.29. The third-order valence-electron chi connectivity index (χ3n) is 2.80. The van der Waals surface area contributed by atoms with Crippen LogP contribution in [0.4, 0.5) is 0 Å². The zero-order chi connectivity index (χ0) is 15.0. The van der Waals surface area contributed by atoms with Crippen LogP contribution in [0, 0.1) is 0 Å². The van der Waals surface area contributed by atoms with Crippen LogP contribution in [0.25, 0.3) is 0 Å². The van der Waals surface area contributed by atoms with Crippen LogP contribution in [0.15, 0.2) is 24.3 Å². The van der Waals surface area contributed by atoms with Crippen LogP contribution in [0.5, 0.6) is 0 Å². The van der Waals surface area contributed by atoms with Crippen LogP contribution in [-0.2, 0) is 16.1 Å². The van der Waals surface area contributed by atoms with E-state index in [1.54, 1.807) is 38.3 Å². The highest BCUT2D eigenvalue weighted by Gasteiger charge is 2.15. The van der Waals surface area contributed by atoms with Crippen molar-refractivity contribution in [2.45, 2.75) is 19.5 Å². The average molecular weight is 279 g/mol. The number of nitrogens with two attached hydrogens (primary N) is 1. The topological polar surface area (TPSA) is 93.5 Å². The van der Waals surface area contributed by atoms with Crippen molar-refractivity contribution in [2.75, 3.05) is 20.3 Å². The summed E-state index contributed by atoms with van der Waals surface area (Å²) in [5.41, 5.74) is 6.94. The summed E-state index contributed by atoms with van der Waals surface area (Å²) in [5, 5.41) is 5.30. The molecule has 20 heavy (non-hydrogen) atoms. The van der Waals surface area contributed by atoms with Crippen LogP contribution in [0.2, 0.25) is 0 Å². The van der Waals surface area contributed by atoms with E-state index in [1.165, 1.54) is 0 Å². The summed E-state index contributed by atoms with van der Waals surface area (Å²) in [6.07, 6.45) is 0. The van der Waals surface area contributed by atoms with Crippen LogP contribution in [0.3, 0.4) is 0 Å². The third-order valence-corrected chi connectivity index (χ3v) is 2.80. The van der Waals surface area contributed by atoms with Crippen molar-refractivity contribution in [3.63, 3.8) is 0 Å². The molecule has 0 saturated carbocycles. The van der Waals surface area contributed by atoms with Gasteiger partial charge in [0.2, 0.25) is 5.91 Å². The van der Waals surface area contributed by atoms with Gasteiger partial charge in [-0.3, -0.25) is 9.59 Å². The Morgan fingerprint density at radius 1 is 1.30 bits per heavy atom. The van der Waals surface area contributed by atoms with Crippen molar-refractivity contribution >= 4 is 11.8 Å². The van der Waals surface area contributed by atoms with Crippen molar-refractivity contribution in [3.05, 3.63) is 35.4 Å². The SMILES string of the molecule is COCCNC(=O)C(C)NC(=O)c1ccc(CN)cc1. The zero-order valence-electron chi connectivity index (χ0n) is 11.8. The lowest BCUT2D eigenvalue weighted by molar-refractivity contribution is -0.122. The number of hydrogen-bond donors (Lipinski definition) is 3. The van der Waals surface area contributed by atoms with Gasteiger partial charge in [-0.25, -0.2) is 0 Å². The van der Waals surface area contributed by atoms with Gasteiger partial charge in [0.15, 0.2) is 0 Å². The van der Waals surface area contributed by atoms with E-state index in [9.17, 15) is 9.59 Å². The maximum atomic E-state index is 11.9. The largest absolute Gasteiger partial charge is 0.383 e. The highest BCUT2D eigenvalue weighted by molar-refractivity contribution is 5.97. The van der Waals surface area contributed by atoms with Gasteiger partial charge in [0, 0.05) is 25.8 Å². The third kappa shape index (κ3) is 4.99. The Balaban J connectivity index is 2.49. The summed E-state index contributed by atoms with van der Waals surface area (Å²) in [7, 11) is 1.56. The van der Waals surface area contributed by atoms with Crippen molar-refractivity contribution in [1.82, 2.24) is 10.6 Å².